The third-order valence-corrected chi connectivity index (χ3v) is 8.15. The monoisotopic (exact) mass is 544 g/mol. The summed E-state index contributed by atoms with van der Waals surface area (Å²) < 4.78 is 39.3. The summed E-state index contributed by atoms with van der Waals surface area (Å²) in [6, 6.07) is 7.44. The quantitative estimate of drug-likeness (QED) is 0.498. The van der Waals surface area contributed by atoms with E-state index in [1.165, 1.54) is 36.8 Å². The number of sulfonamides is 1. The van der Waals surface area contributed by atoms with Gasteiger partial charge in [-0.15, -0.1) is 0 Å². The molecule has 2 aromatic rings. The molecule has 10 nitrogen and oxygen atoms in total. The molecule has 11 heteroatoms. The third kappa shape index (κ3) is 6.82. The van der Waals surface area contributed by atoms with Crippen LogP contribution in [0, 0.1) is 17.8 Å². The molecule has 3 atom stereocenters. The standard InChI is InChI=1S/C27H36N4O6S/c1-19-16-31(20(2)18-32)27(33)24-13-21(9-8-12-29(3)4)15-28-26(24)37-25(19)17-30(5)38(34,35)23-11-7-10-22(14-23)36-6/h7,10-11,13-15,19-20,25,32H,12,16-18H2,1-6H3/t19-,20-,25+/m1/s1. The Bertz CT molecular complexity index is 1300. The van der Waals surface area contributed by atoms with Crippen molar-refractivity contribution in [2.45, 2.75) is 30.9 Å². The smallest absolute Gasteiger partial charge is 0.259 e. The maximum atomic E-state index is 13.5. The molecular formula is C27H36N4O6S. The lowest BCUT2D eigenvalue weighted by atomic mass is 10.0. The molecule has 1 N–H and O–H groups in total. The minimum Gasteiger partial charge on any atom is -0.497 e. The van der Waals surface area contributed by atoms with E-state index < -0.39 is 22.2 Å². The van der Waals surface area contributed by atoms with Crippen LogP contribution < -0.4 is 9.47 Å². The van der Waals surface area contributed by atoms with Crippen molar-refractivity contribution in [2.24, 2.45) is 5.92 Å². The van der Waals surface area contributed by atoms with Crippen molar-refractivity contribution >= 4 is 15.9 Å². The Morgan fingerprint density at radius 2 is 2.03 bits per heavy atom. The number of hydrogen-bond donors (Lipinski definition) is 1. The molecule has 0 fully saturated rings. The van der Waals surface area contributed by atoms with Gasteiger partial charge >= 0.3 is 0 Å². The number of carbonyl (C=O) groups is 1. The molecule has 2 heterocycles. The number of aromatic nitrogens is 1. The van der Waals surface area contributed by atoms with Gasteiger partial charge in [0.25, 0.3) is 5.91 Å². The third-order valence-electron chi connectivity index (χ3n) is 6.34. The predicted molar refractivity (Wildman–Crippen MR) is 144 cm³/mol. The maximum Gasteiger partial charge on any atom is 0.259 e. The Labute approximate surface area is 225 Å². The topological polar surface area (TPSA) is 113 Å². The van der Waals surface area contributed by atoms with E-state index in [0.717, 1.165) is 0 Å². The van der Waals surface area contributed by atoms with E-state index in [4.69, 9.17) is 9.47 Å². The van der Waals surface area contributed by atoms with Gasteiger partial charge < -0.3 is 19.5 Å². The zero-order valence-electron chi connectivity index (χ0n) is 22.7. The first-order chi connectivity index (χ1) is 18.0. The van der Waals surface area contributed by atoms with Gasteiger partial charge in [-0.05, 0) is 39.2 Å². The molecule has 1 amide bonds. The van der Waals surface area contributed by atoms with E-state index in [9.17, 15) is 18.3 Å². The first kappa shape index (κ1) is 29.4. The van der Waals surface area contributed by atoms with Crippen molar-refractivity contribution in [1.82, 2.24) is 19.1 Å². The number of pyridine rings is 1. The molecule has 0 bridgehead atoms. The molecule has 0 saturated carbocycles. The molecule has 1 aliphatic heterocycles. The highest BCUT2D eigenvalue weighted by atomic mass is 32.2. The zero-order valence-corrected chi connectivity index (χ0v) is 23.5. The zero-order chi connectivity index (χ0) is 28.0. The first-order valence-electron chi connectivity index (χ1n) is 12.3. The summed E-state index contributed by atoms with van der Waals surface area (Å²) in [7, 11) is 2.93. The van der Waals surface area contributed by atoms with E-state index >= 15 is 0 Å². The van der Waals surface area contributed by atoms with Crippen LogP contribution in [0.1, 0.15) is 29.8 Å². The molecule has 1 aromatic heterocycles. The van der Waals surface area contributed by atoms with E-state index in [1.54, 1.807) is 30.0 Å². The summed E-state index contributed by atoms with van der Waals surface area (Å²) in [5.41, 5.74) is 0.777. The summed E-state index contributed by atoms with van der Waals surface area (Å²) in [4.78, 5) is 21.5. The summed E-state index contributed by atoms with van der Waals surface area (Å²) >= 11 is 0. The number of methoxy groups -OCH3 is 1. The van der Waals surface area contributed by atoms with E-state index in [-0.39, 0.29) is 47.9 Å². The van der Waals surface area contributed by atoms with E-state index in [1.807, 2.05) is 25.9 Å². The number of rotatable bonds is 8. The lowest BCUT2D eigenvalue weighted by Gasteiger charge is -2.37. The second-order valence-electron chi connectivity index (χ2n) is 9.70. The highest BCUT2D eigenvalue weighted by Crippen LogP contribution is 2.28. The highest BCUT2D eigenvalue weighted by Gasteiger charge is 2.36. The number of nitrogens with zero attached hydrogens (tertiary/aromatic N) is 4. The van der Waals surface area contributed by atoms with Crippen molar-refractivity contribution in [3.8, 4) is 23.5 Å². The summed E-state index contributed by atoms with van der Waals surface area (Å²) in [5, 5.41) is 9.85. The second-order valence-corrected chi connectivity index (χ2v) is 11.7. The van der Waals surface area contributed by atoms with Crippen molar-refractivity contribution in [1.29, 1.82) is 0 Å². The van der Waals surface area contributed by atoms with Crippen LogP contribution in [0.15, 0.2) is 41.4 Å². The van der Waals surface area contributed by atoms with Gasteiger partial charge in [-0.2, -0.15) is 4.31 Å². The van der Waals surface area contributed by atoms with Crippen LogP contribution in [0.25, 0.3) is 0 Å². The number of carbonyl (C=O) groups excluding carboxylic acids is 1. The van der Waals surface area contributed by atoms with Gasteiger partial charge in [0.15, 0.2) is 0 Å². The van der Waals surface area contributed by atoms with Crippen LogP contribution in [0.2, 0.25) is 0 Å². The van der Waals surface area contributed by atoms with Crippen LogP contribution in [-0.4, -0.2) is 105 Å². The lowest BCUT2D eigenvalue weighted by molar-refractivity contribution is 0.0373. The number of amides is 1. The Balaban J connectivity index is 1.97. The molecular weight excluding hydrogens is 508 g/mol. The predicted octanol–water partition coefficient (Wildman–Crippen LogP) is 1.54. The van der Waals surface area contributed by atoms with E-state index in [0.29, 0.717) is 17.9 Å². The van der Waals surface area contributed by atoms with Crippen LogP contribution in [0.5, 0.6) is 11.6 Å². The fraction of sp³-hybridized carbons (Fsp3) is 0.481. The maximum absolute atomic E-state index is 13.5. The molecule has 1 aromatic carbocycles. The van der Waals surface area contributed by atoms with E-state index in [2.05, 4.69) is 16.8 Å². The molecule has 38 heavy (non-hydrogen) atoms. The number of aliphatic hydroxyl groups excluding tert-OH is 1. The minimum atomic E-state index is -3.85. The normalized spacial score (nSPS) is 18.7. The molecule has 1 aliphatic rings. The molecule has 0 unspecified atom stereocenters. The van der Waals surface area contributed by atoms with Crippen molar-refractivity contribution in [3.63, 3.8) is 0 Å². The summed E-state index contributed by atoms with van der Waals surface area (Å²) in [6.07, 6.45) is 0.910. The van der Waals surface area contributed by atoms with Gasteiger partial charge in [0, 0.05) is 37.3 Å². The number of ether oxygens (including phenoxy) is 2. The largest absolute Gasteiger partial charge is 0.497 e. The molecule has 3 rings (SSSR count). The van der Waals surface area contributed by atoms with Crippen molar-refractivity contribution < 1.29 is 27.8 Å². The average molecular weight is 545 g/mol. The minimum absolute atomic E-state index is 0.0156. The van der Waals surface area contributed by atoms with Crippen LogP contribution in [-0.2, 0) is 10.0 Å². The van der Waals surface area contributed by atoms with Crippen molar-refractivity contribution in [3.05, 3.63) is 47.7 Å². The molecule has 0 spiro atoms. The average Bonchev–Trinajstić information content (AvgIpc) is 2.90. The number of aliphatic hydroxyl groups is 1. The first-order valence-corrected chi connectivity index (χ1v) is 13.7. The SMILES string of the molecule is COc1cccc(S(=O)(=O)N(C)C[C@@H]2Oc3ncc(C#CCN(C)C)cc3C(=O)N([C@H](C)CO)C[C@H]2C)c1. The van der Waals surface area contributed by atoms with Gasteiger partial charge in [-0.1, -0.05) is 24.8 Å². The van der Waals surface area contributed by atoms with Crippen molar-refractivity contribution in [2.75, 3.05) is 54.5 Å². The molecule has 206 valence electrons. The fourth-order valence-electron chi connectivity index (χ4n) is 3.98. The lowest BCUT2D eigenvalue weighted by Crippen LogP contribution is -2.50. The van der Waals surface area contributed by atoms with Crippen LogP contribution in [0.3, 0.4) is 0 Å². The second kappa shape index (κ2) is 12.6. The Hall–Kier alpha value is -3.17. The summed E-state index contributed by atoms with van der Waals surface area (Å²) in [6.45, 7) is 4.24. The Morgan fingerprint density at radius 3 is 2.68 bits per heavy atom. The van der Waals surface area contributed by atoms with Gasteiger partial charge in [-0.25, -0.2) is 13.4 Å². The molecule has 0 radical (unpaired) electrons. The van der Waals surface area contributed by atoms with Gasteiger partial charge in [0.1, 0.15) is 17.4 Å². The Kier molecular flexibility index (Phi) is 9.73. The fourth-order valence-corrected chi connectivity index (χ4v) is 5.20. The van der Waals surface area contributed by atoms with Gasteiger partial charge in [0.05, 0.1) is 37.7 Å². The molecule has 0 aliphatic carbocycles. The number of benzene rings is 1. The van der Waals surface area contributed by atoms with Gasteiger partial charge in [-0.3, -0.25) is 9.69 Å². The summed E-state index contributed by atoms with van der Waals surface area (Å²) in [5.74, 6) is 5.98. The Morgan fingerprint density at radius 1 is 1.29 bits per heavy atom. The number of fused-ring (bicyclic) bond motifs is 1. The molecule has 0 saturated heterocycles. The van der Waals surface area contributed by atoms with Crippen LogP contribution >= 0.6 is 0 Å². The number of likely N-dealkylation sites (N-methyl/N-ethyl adjacent to an activating group) is 1. The number of hydrogen-bond acceptors (Lipinski definition) is 8. The van der Waals surface area contributed by atoms with Crippen LogP contribution in [0.4, 0.5) is 0 Å². The highest BCUT2D eigenvalue weighted by molar-refractivity contribution is 7.89. The van der Waals surface area contributed by atoms with Gasteiger partial charge in [0.2, 0.25) is 15.9 Å².